The summed E-state index contributed by atoms with van der Waals surface area (Å²) < 4.78 is 6.48. The summed E-state index contributed by atoms with van der Waals surface area (Å²) in [5, 5.41) is 4.10. The van der Waals surface area contributed by atoms with Crippen LogP contribution in [0.25, 0.3) is 0 Å². The van der Waals surface area contributed by atoms with Crippen LogP contribution in [0.5, 0.6) is 0 Å². The number of nitrogens with zero attached hydrogens (tertiary/aromatic N) is 3. The number of hydrogen-bond acceptors (Lipinski definition) is 4. The summed E-state index contributed by atoms with van der Waals surface area (Å²) in [6.45, 7) is 4.05. The van der Waals surface area contributed by atoms with Crippen molar-refractivity contribution in [3.05, 3.63) is 12.3 Å². The lowest BCUT2D eigenvalue weighted by Crippen LogP contribution is -2.37. The fraction of sp³-hybridized carbons (Fsp3) is 0.643. The van der Waals surface area contributed by atoms with Crippen molar-refractivity contribution in [1.29, 1.82) is 0 Å². The Morgan fingerprint density at radius 2 is 2.05 bits per heavy atom. The van der Waals surface area contributed by atoms with Gasteiger partial charge in [-0.2, -0.15) is 10.00 Å². The molecule has 0 aliphatic rings. The predicted octanol–water partition coefficient (Wildman–Crippen LogP) is 2.88. The van der Waals surface area contributed by atoms with Crippen molar-refractivity contribution in [2.24, 2.45) is 7.05 Å². The number of unbranched alkanes of at least 4 members (excludes halogenated alkanes) is 3. The molecule has 0 saturated heterocycles. The molecule has 0 bridgehead atoms. The average molecular weight is 281 g/mol. The van der Waals surface area contributed by atoms with Crippen LogP contribution in [0.2, 0.25) is 0 Å². The number of carbonyl (C=O) groups is 2. The van der Waals surface area contributed by atoms with Gasteiger partial charge in [0.15, 0.2) is 5.82 Å². The molecule has 0 aromatic carbocycles. The van der Waals surface area contributed by atoms with E-state index >= 15 is 0 Å². The number of aryl methyl sites for hydroxylation is 1. The van der Waals surface area contributed by atoms with Gasteiger partial charge in [-0.25, -0.2) is 4.79 Å². The maximum Gasteiger partial charge on any atom is 0.422 e. The maximum atomic E-state index is 12.2. The minimum absolute atomic E-state index is 0.227. The summed E-state index contributed by atoms with van der Waals surface area (Å²) >= 11 is 0. The summed E-state index contributed by atoms with van der Waals surface area (Å²) in [5.74, 6) is 0.0460. The first kappa shape index (κ1) is 16.2. The second-order valence-corrected chi connectivity index (χ2v) is 4.59. The zero-order valence-electron chi connectivity index (χ0n) is 12.5. The lowest BCUT2D eigenvalue weighted by Gasteiger charge is -2.17. The second-order valence-electron chi connectivity index (χ2n) is 4.59. The second kappa shape index (κ2) is 8.35. The Morgan fingerprint density at radius 1 is 1.30 bits per heavy atom. The van der Waals surface area contributed by atoms with Gasteiger partial charge >= 0.3 is 6.09 Å². The van der Waals surface area contributed by atoms with E-state index in [1.165, 1.54) is 0 Å². The van der Waals surface area contributed by atoms with Gasteiger partial charge in [0.05, 0.1) is 6.61 Å². The van der Waals surface area contributed by atoms with Crippen LogP contribution >= 0.6 is 0 Å². The van der Waals surface area contributed by atoms with Crippen molar-refractivity contribution in [3.8, 4) is 0 Å². The normalized spacial score (nSPS) is 10.3. The van der Waals surface area contributed by atoms with Crippen LogP contribution in [0.4, 0.5) is 10.6 Å². The number of rotatable bonds is 7. The van der Waals surface area contributed by atoms with Crippen LogP contribution in [0.1, 0.15) is 46.0 Å². The van der Waals surface area contributed by atoms with Gasteiger partial charge in [0.1, 0.15) is 0 Å². The number of ether oxygens (including phenoxy) is 1. The van der Waals surface area contributed by atoms with Gasteiger partial charge < -0.3 is 4.74 Å². The number of amides is 2. The largest absolute Gasteiger partial charge is 0.449 e. The van der Waals surface area contributed by atoms with Crippen LogP contribution in [-0.4, -0.2) is 28.4 Å². The smallest absolute Gasteiger partial charge is 0.422 e. The van der Waals surface area contributed by atoms with E-state index in [4.69, 9.17) is 4.74 Å². The predicted molar refractivity (Wildman–Crippen MR) is 76.5 cm³/mol. The van der Waals surface area contributed by atoms with E-state index in [1.807, 2.05) is 0 Å². The Labute approximate surface area is 119 Å². The summed E-state index contributed by atoms with van der Waals surface area (Å²) in [6, 6.07) is 1.63. The molecule has 1 aromatic rings. The van der Waals surface area contributed by atoms with Crippen molar-refractivity contribution in [2.75, 3.05) is 11.5 Å². The lowest BCUT2D eigenvalue weighted by atomic mass is 10.1. The van der Waals surface area contributed by atoms with Crippen LogP contribution in [0.15, 0.2) is 12.3 Å². The van der Waals surface area contributed by atoms with E-state index in [9.17, 15) is 9.59 Å². The molecule has 6 nitrogen and oxygen atoms in total. The molecule has 0 atom stereocenters. The standard InChI is InChI=1S/C14H23N3O3/c1-4-6-7-8-9-13(18)17(14(19)20-5-2)12-10-11-16(3)15-12/h10-11H,4-9H2,1-3H3. The highest BCUT2D eigenvalue weighted by molar-refractivity contribution is 6.11. The highest BCUT2D eigenvalue weighted by atomic mass is 16.6. The molecular formula is C14H23N3O3. The number of carbonyl (C=O) groups excluding carboxylic acids is 2. The monoisotopic (exact) mass is 281 g/mol. The number of aromatic nitrogens is 2. The Hall–Kier alpha value is -1.85. The zero-order chi connectivity index (χ0) is 15.0. The minimum atomic E-state index is -0.660. The minimum Gasteiger partial charge on any atom is -0.449 e. The molecule has 0 spiro atoms. The third-order valence-corrected chi connectivity index (χ3v) is 2.87. The molecule has 6 heteroatoms. The van der Waals surface area contributed by atoms with Crippen LogP contribution < -0.4 is 4.90 Å². The average Bonchev–Trinajstić information content (AvgIpc) is 2.81. The van der Waals surface area contributed by atoms with Gasteiger partial charge in [-0.3, -0.25) is 9.48 Å². The fourth-order valence-corrected chi connectivity index (χ4v) is 1.85. The van der Waals surface area contributed by atoms with Gasteiger partial charge in [-0.1, -0.05) is 26.2 Å². The van der Waals surface area contributed by atoms with Crippen molar-refractivity contribution >= 4 is 17.8 Å². The van der Waals surface area contributed by atoms with E-state index in [2.05, 4.69) is 12.0 Å². The molecule has 1 heterocycles. The molecule has 20 heavy (non-hydrogen) atoms. The topological polar surface area (TPSA) is 64.4 Å². The van der Waals surface area contributed by atoms with E-state index in [0.717, 1.165) is 30.6 Å². The van der Waals surface area contributed by atoms with Gasteiger partial charge in [-0.15, -0.1) is 0 Å². The first-order valence-corrected chi connectivity index (χ1v) is 7.09. The molecule has 0 N–H and O–H groups in total. The Bertz CT molecular complexity index is 443. The molecule has 0 aliphatic heterocycles. The Kier molecular flexibility index (Phi) is 6.76. The first-order valence-electron chi connectivity index (χ1n) is 7.09. The molecule has 112 valence electrons. The summed E-state index contributed by atoms with van der Waals surface area (Å²) in [4.78, 5) is 25.1. The van der Waals surface area contributed by atoms with Crippen LogP contribution in [0, 0.1) is 0 Å². The number of hydrogen-bond donors (Lipinski definition) is 0. The van der Waals surface area contributed by atoms with Crippen molar-refractivity contribution in [3.63, 3.8) is 0 Å². The molecule has 2 amide bonds. The number of imide groups is 1. The molecule has 0 aliphatic carbocycles. The van der Waals surface area contributed by atoms with E-state index < -0.39 is 6.09 Å². The van der Waals surface area contributed by atoms with Gasteiger partial charge in [0, 0.05) is 25.7 Å². The van der Waals surface area contributed by atoms with Crippen molar-refractivity contribution in [1.82, 2.24) is 9.78 Å². The summed E-state index contributed by atoms with van der Waals surface area (Å²) in [5.41, 5.74) is 0. The third kappa shape index (κ3) is 4.68. The quantitative estimate of drug-likeness (QED) is 0.721. The first-order chi connectivity index (χ1) is 9.60. The van der Waals surface area contributed by atoms with E-state index in [1.54, 1.807) is 30.9 Å². The van der Waals surface area contributed by atoms with Crippen LogP contribution in [0.3, 0.4) is 0 Å². The molecular weight excluding hydrogens is 258 g/mol. The van der Waals surface area contributed by atoms with Gasteiger partial charge in [-0.05, 0) is 13.3 Å². The lowest BCUT2D eigenvalue weighted by molar-refractivity contribution is -0.118. The summed E-state index contributed by atoms with van der Waals surface area (Å²) in [7, 11) is 1.73. The fourth-order valence-electron chi connectivity index (χ4n) is 1.85. The molecule has 0 saturated carbocycles. The Morgan fingerprint density at radius 3 is 2.60 bits per heavy atom. The van der Waals surface area contributed by atoms with E-state index in [0.29, 0.717) is 12.2 Å². The van der Waals surface area contributed by atoms with Crippen molar-refractivity contribution in [2.45, 2.75) is 46.0 Å². The van der Waals surface area contributed by atoms with Crippen molar-refractivity contribution < 1.29 is 14.3 Å². The zero-order valence-corrected chi connectivity index (χ0v) is 12.5. The van der Waals surface area contributed by atoms with E-state index in [-0.39, 0.29) is 12.5 Å². The Balaban J connectivity index is 2.72. The molecule has 0 fully saturated rings. The van der Waals surface area contributed by atoms with Gasteiger partial charge in [0.25, 0.3) is 0 Å². The summed E-state index contributed by atoms with van der Waals surface area (Å²) in [6.07, 6.45) is 5.32. The maximum absolute atomic E-state index is 12.2. The van der Waals surface area contributed by atoms with Crippen LogP contribution in [-0.2, 0) is 16.6 Å². The third-order valence-electron chi connectivity index (χ3n) is 2.87. The highest BCUT2D eigenvalue weighted by Gasteiger charge is 2.26. The van der Waals surface area contributed by atoms with Gasteiger partial charge in [0.2, 0.25) is 5.91 Å². The number of anilines is 1. The molecule has 0 unspecified atom stereocenters. The molecule has 1 rings (SSSR count). The SMILES string of the molecule is CCCCCCC(=O)N(C(=O)OCC)c1ccn(C)n1. The molecule has 0 radical (unpaired) electrons. The highest BCUT2D eigenvalue weighted by Crippen LogP contribution is 2.15. The molecule has 1 aromatic heterocycles.